The highest BCUT2D eigenvalue weighted by Gasteiger charge is 2.48. The van der Waals surface area contributed by atoms with Crippen molar-refractivity contribution in [2.24, 2.45) is 0 Å². The Labute approximate surface area is 98.0 Å². The Bertz CT molecular complexity index is 444. The fourth-order valence-corrected chi connectivity index (χ4v) is 2.81. The molecule has 1 saturated carbocycles. The lowest BCUT2D eigenvalue weighted by molar-refractivity contribution is 0.406. The molecule has 2 rings (SSSR count). The summed E-state index contributed by atoms with van der Waals surface area (Å²) in [5.74, 6) is 0.820. The van der Waals surface area contributed by atoms with Crippen molar-refractivity contribution in [1.29, 1.82) is 5.26 Å². The molecule has 1 aromatic rings. The molecule has 2 nitrogen and oxygen atoms in total. The van der Waals surface area contributed by atoms with E-state index in [9.17, 15) is 5.26 Å². The van der Waals surface area contributed by atoms with Gasteiger partial charge in [0.15, 0.2) is 0 Å². The SMILES string of the molecule is COc1cc(C)cc(Br)c1C1(C#N)CC1. The van der Waals surface area contributed by atoms with Gasteiger partial charge in [-0.15, -0.1) is 0 Å². The van der Waals surface area contributed by atoms with Crippen LogP contribution in [-0.4, -0.2) is 7.11 Å². The highest BCUT2D eigenvalue weighted by Crippen LogP contribution is 2.53. The Balaban J connectivity index is 2.60. The van der Waals surface area contributed by atoms with E-state index in [0.29, 0.717) is 0 Å². The zero-order valence-corrected chi connectivity index (χ0v) is 10.4. The third-order valence-electron chi connectivity index (χ3n) is 2.86. The van der Waals surface area contributed by atoms with E-state index in [0.717, 1.165) is 34.2 Å². The largest absolute Gasteiger partial charge is 0.496 e. The molecule has 1 aliphatic rings. The predicted octanol–water partition coefficient (Wildman–Crippen LogP) is 3.32. The summed E-state index contributed by atoms with van der Waals surface area (Å²) in [4.78, 5) is 0. The molecule has 0 radical (unpaired) electrons. The average molecular weight is 266 g/mol. The van der Waals surface area contributed by atoms with Gasteiger partial charge in [-0.3, -0.25) is 0 Å². The van der Waals surface area contributed by atoms with Gasteiger partial charge in [-0.05, 0) is 37.5 Å². The second kappa shape index (κ2) is 3.53. The molecule has 0 atom stereocenters. The first-order chi connectivity index (χ1) is 7.13. The van der Waals surface area contributed by atoms with Crippen LogP contribution in [0.3, 0.4) is 0 Å². The first-order valence-corrected chi connectivity index (χ1v) is 5.68. The number of halogens is 1. The highest BCUT2D eigenvalue weighted by molar-refractivity contribution is 9.10. The van der Waals surface area contributed by atoms with E-state index in [1.165, 1.54) is 0 Å². The normalized spacial score (nSPS) is 16.9. The van der Waals surface area contributed by atoms with Gasteiger partial charge in [0.1, 0.15) is 5.75 Å². The number of nitriles is 1. The number of methoxy groups -OCH3 is 1. The number of hydrogen-bond acceptors (Lipinski definition) is 2. The zero-order valence-electron chi connectivity index (χ0n) is 8.80. The molecule has 0 spiro atoms. The molecule has 0 heterocycles. The fourth-order valence-electron chi connectivity index (χ4n) is 1.88. The Kier molecular flexibility index (Phi) is 2.47. The molecule has 0 unspecified atom stereocenters. The third kappa shape index (κ3) is 1.63. The van der Waals surface area contributed by atoms with Crippen LogP contribution in [-0.2, 0) is 5.41 Å². The van der Waals surface area contributed by atoms with E-state index in [1.807, 2.05) is 19.1 Å². The van der Waals surface area contributed by atoms with Crippen molar-refractivity contribution in [3.05, 3.63) is 27.7 Å². The summed E-state index contributed by atoms with van der Waals surface area (Å²) in [6, 6.07) is 6.41. The summed E-state index contributed by atoms with van der Waals surface area (Å²) in [6.45, 7) is 2.02. The van der Waals surface area contributed by atoms with Crippen LogP contribution in [0.1, 0.15) is 24.0 Å². The molecule has 3 heteroatoms. The van der Waals surface area contributed by atoms with Crippen molar-refractivity contribution in [2.45, 2.75) is 25.2 Å². The molecule has 0 aromatic heterocycles. The first kappa shape index (κ1) is 10.5. The van der Waals surface area contributed by atoms with Crippen molar-refractivity contribution < 1.29 is 4.74 Å². The maximum atomic E-state index is 9.20. The highest BCUT2D eigenvalue weighted by atomic mass is 79.9. The molecule has 0 bridgehead atoms. The molecule has 0 amide bonds. The lowest BCUT2D eigenvalue weighted by atomic mass is 9.95. The second-order valence-electron chi connectivity index (χ2n) is 4.02. The van der Waals surface area contributed by atoms with Crippen molar-refractivity contribution in [3.63, 3.8) is 0 Å². The van der Waals surface area contributed by atoms with Crippen molar-refractivity contribution in [3.8, 4) is 11.8 Å². The van der Waals surface area contributed by atoms with Gasteiger partial charge >= 0.3 is 0 Å². The fraction of sp³-hybridized carbons (Fsp3) is 0.417. The number of benzene rings is 1. The van der Waals surface area contributed by atoms with Crippen LogP contribution < -0.4 is 4.74 Å². The zero-order chi connectivity index (χ0) is 11.1. The topological polar surface area (TPSA) is 33.0 Å². The predicted molar refractivity (Wildman–Crippen MR) is 62.0 cm³/mol. The van der Waals surface area contributed by atoms with Crippen LogP contribution >= 0.6 is 15.9 Å². The number of nitrogens with zero attached hydrogens (tertiary/aromatic N) is 1. The number of rotatable bonds is 2. The molecule has 1 aliphatic carbocycles. The maximum Gasteiger partial charge on any atom is 0.125 e. The molecule has 1 aromatic carbocycles. The van der Waals surface area contributed by atoms with Gasteiger partial charge in [-0.25, -0.2) is 0 Å². The van der Waals surface area contributed by atoms with Gasteiger partial charge < -0.3 is 4.74 Å². The van der Waals surface area contributed by atoms with Gasteiger partial charge in [-0.1, -0.05) is 15.9 Å². The Morgan fingerprint density at radius 1 is 1.47 bits per heavy atom. The van der Waals surface area contributed by atoms with Crippen LogP contribution in [0.25, 0.3) is 0 Å². The first-order valence-electron chi connectivity index (χ1n) is 4.89. The molecule has 0 N–H and O–H groups in total. The van der Waals surface area contributed by atoms with E-state index in [1.54, 1.807) is 7.11 Å². The molecule has 15 heavy (non-hydrogen) atoms. The Morgan fingerprint density at radius 2 is 2.13 bits per heavy atom. The van der Waals surface area contributed by atoms with E-state index < -0.39 is 0 Å². The summed E-state index contributed by atoms with van der Waals surface area (Å²) in [5, 5.41) is 9.20. The lowest BCUT2D eigenvalue weighted by Crippen LogP contribution is -2.07. The average Bonchev–Trinajstić information content (AvgIpc) is 2.97. The maximum absolute atomic E-state index is 9.20. The molecule has 0 aliphatic heterocycles. The monoisotopic (exact) mass is 265 g/mol. The Hall–Kier alpha value is -1.01. The molecule has 1 fully saturated rings. The number of ether oxygens (including phenoxy) is 1. The van der Waals surface area contributed by atoms with E-state index in [4.69, 9.17) is 4.74 Å². The summed E-state index contributed by atoms with van der Waals surface area (Å²) in [7, 11) is 1.65. The minimum Gasteiger partial charge on any atom is -0.496 e. The van der Waals surface area contributed by atoms with E-state index in [2.05, 4.69) is 22.0 Å². The minimum atomic E-state index is -0.308. The van der Waals surface area contributed by atoms with Crippen LogP contribution in [0.15, 0.2) is 16.6 Å². The van der Waals surface area contributed by atoms with Crippen molar-refractivity contribution >= 4 is 15.9 Å². The van der Waals surface area contributed by atoms with Gasteiger partial charge in [-0.2, -0.15) is 5.26 Å². The van der Waals surface area contributed by atoms with Gasteiger partial charge in [0.25, 0.3) is 0 Å². The number of aryl methyl sites for hydroxylation is 1. The summed E-state index contributed by atoms with van der Waals surface area (Å²) in [6.07, 6.45) is 1.86. The standard InChI is InChI=1S/C12H12BrNO/c1-8-5-9(13)11(10(6-8)15-2)12(7-14)3-4-12/h5-6H,3-4H2,1-2H3. The van der Waals surface area contributed by atoms with E-state index in [-0.39, 0.29) is 5.41 Å². The van der Waals surface area contributed by atoms with E-state index >= 15 is 0 Å². The van der Waals surface area contributed by atoms with Crippen LogP contribution in [0.5, 0.6) is 5.75 Å². The van der Waals surface area contributed by atoms with Crippen molar-refractivity contribution in [2.75, 3.05) is 7.11 Å². The summed E-state index contributed by atoms with van der Waals surface area (Å²) < 4.78 is 6.34. The van der Waals surface area contributed by atoms with Crippen LogP contribution in [0.4, 0.5) is 0 Å². The van der Waals surface area contributed by atoms with Gasteiger partial charge in [0.05, 0.1) is 18.6 Å². The molecular formula is C12H12BrNO. The second-order valence-corrected chi connectivity index (χ2v) is 4.87. The van der Waals surface area contributed by atoms with Gasteiger partial charge in [0, 0.05) is 10.0 Å². The Morgan fingerprint density at radius 3 is 2.60 bits per heavy atom. The third-order valence-corrected chi connectivity index (χ3v) is 3.49. The lowest BCUT2D eigenvalue weighted by Gasteiger charge is -2.15. The van der Waals surface area contributed by atoms with Gasteiger partial charge in [0.2, 0.25) is 0 Å². The quantitative estimate of drug-likeness (QED) is 0.822. The smallest absolute Gasteiger partial charge is 0.125 e. The molecule has 0 saturated heterocycles. The van der Waals surface area contributed by atoms with Crippen LogP contribution in [0.2, 0.25) is 0 Å². The molecular weight excluding hydrogens is 254 g/mol. The molecule has 78 valence electrons. The van der Waals surface area contributed by atoms with Crippen LogP contribution in [0, 0.1) is 18.3 Å². The minimum absolute atomic E-state index is 0.308. The summed E-state index contributed by atoms with van der Waals surface area (Å²) >= 11 is 3.52. The summed E-state index contributed by atoms with van der Waals surface area (Å²) in [5.41, 5.74) is 1.84. The number of hydrogen-bond donors (Lipinski definition) is 0. The van der Waals surface area contributed by atoms with Crippen molar-refractivity contribution in [1.82, 2.24) is 0 Å².